The molecule has 0 amide bonds. The third-order valence-electron chi connectivity index (χ3n) is 2.19. The molecule has 0 bridgehead atoms. The van der Waals surface area contributed by atoms with Crippen LogP contribution >= 0.6 is 0 Å². The van der Waals surface area contributed by atoms with Crippen molar-refractivity contribution in [3.63, 3.8) is 0 Å². The predicted octanol–water partition coefficient (Wildman–Crippen LogP) is 2.15. The lowest BCUT2D eigenvalue weighted by molar-refractivity contribution is 0.697. The van der Waals surface area contributed by atoms with E-state index in [0.29, 0.717) is 0 Å². The van der Waals surface area contributed by atoms with E-state index in [9.17, 15) is 0 Å². The van der Waals surface area contributed by atoms with E-state index < -0.39 is 0 Å². The van der Waals surface area contributed by atoms with Gasteiger partial charge in [0.15, 0.2) is 0 Å². The number of rotatable bonds is 2. The van der Waals surface area contributed by atoms with Crippen LogP contribution in [0.4, 0.5) is 0 Å². The van der Waals surface area contributed by atoms with Gasteiger partial charge in [-0.2, -0.15) is 0 Å². The highest BCUT2D eigenvalue weighted by Gasteiger charge is 2.03. The van der Waals surface area contributed by atoms with Gasteiger partial charge in [0.2, 0.25) is 0 Å². The Kier molecular flexibility index (Phi) is 2.00. The molecule has 0 aliphatic rings. The largest absolute Gasteiger partial charge is 0.331 e. The number of hydrogen-bond donors (Lipinski definition) is 0. The average molecular weight is 175 g/mol. The zero-order valence-electron chi connectivity index (χ0n) is 7.99. The lowest BCUT2D eigenvalue weighted by Gasteiger charge is -2.00. The topological polar surface area (TPSA) is 30.7 Å². The molecule has 0 spiro atoms. The number of aryl methyl sites for hydroxylation is 2. The van der Waals surface area contributed by atoms with Crippen LogP contribution in [0, 0.1) is 6.92 Å². The molecule has 0 aromatic carbocycles. The van der Waals surface area contributed by atoms with Gasteiger partial charge in [0.1, 0.15) is 5.52 Å². The van der Waals surface area contributed by atoms with Gasteiger partial charge in [0.25, 0.3) is 0 Å². The molecule has 0 aliphatic heterocycles. The van der Waals surface area contributed by atoms with E-state index in [1.165, 1.54) is 5.52 Å². The minimum Gasteiger partial charge on any atom is -0.331 e. The second kappa shape index (κ2) is 3.17. The van der Waals surface area contributed by atoms with Gasteiger partial charge in [-0.3, -0.25) is 4.98 Å². The molecule has 68 valence electrons. The third-order valence-corrected chi connectivity index (χ3v) is 2.19. The summed E-state index contributed by atoms with van der Waals surface area (Å²) in [6.45, 7) is 5.19. The summed E-state index contributed by atoms with van der Waals surface area (Å²) >= 11 is 0. The van der Waals surface area contributed by atoms with Crippen molar-refractivity contribution in [3.05, 3.63) is 24.3 Å². The minimum atomic E-state index is 1.01. The maximum Gasteiger partial charge on any atom is 0.110 e. The van der Waals surface area contributed by atoms with Gasteiger partial charge in [-0.25, -0.2) is 4.98 Å². The van der Waals surface area contributed by atoms with Crippen LogP contribution in [-0.4, -0.2) is 14.5 Å². The molecule has 0 N–H and O–H groups in total. The molecule has 2 aromatic rings. The number of pyridine rings is 1. The maximum atomic E-state index is 4.34. The highest BCUT2D eigenvalue weighted by Crippen LogP contribution is 2.14. The summed E-state index contributed by atoms with van der Waals surface area (Å²) in [6, 6.07) is 2.02. The standard InChI is InChI=1S/C10H13N3/c1-3-6-13-7-12-10-8(2)11-5-4-9(10)13/h4-5,7H,3,6H2,1-2H3. The lowest BCUT2D eigenvalue weighted by Crippen LogP contribution is -1.94. The molecule has 2 rings (SSSR count). The van der Waals surface area contributed by atoms with Gasteiger partial charge >= 0.3 is 0 Å². The summed E-state index contributed by atoms with van der Waals surface area (Å²) in [7, 11) is 0. The smallest absolute Gasteiger partial charge is 0.110 e. The van der Waals surface area contributed by atoms with E-state index in [2.05, 4.69) is 21.5 Å². The molecule has 2 heterocycles. The molecule has 0 atom stereocenters. The normalized spacial score (nSPS) is 10.9. The monoisotopic (exact) mass is 175 g/mol. The Morgan fingerprint density at radius 3 is 3.00 bits per heavy atom. The van der Waals surface area contributed by atoms with Crippen molar-refractivity contribution in [3.8, 4) is 0 Å². The third kappa shape index (κ3) is 1.30. The minimum absolute atomic E-state index is 1.01. The Balaban J connectivity index is 2.61. The summed E-state index contributed by atoms with van der Waals surface area (Å²) in [6.07, 6.45) is 4.86. The Bertz CT molecular complexity index is 417. The Hall–Kier alpha value is -1.38. The van der Waals surface area contributed by atoms with Crippen LogP contribution in [0.1, 0.15) is 19.0 Å². The van der Waals surface area contributed by atoms with Gasteiger partial charge in [-0.15, -0.1) is 0 Å². The van der Waals surface area contributed by atoms with Crippen LogP contribution in [0.3, 0.4) is 0 Å². The first-order chi connectivity index (χ1) is 6.33. The fourth-order valence-corrected chi connectivity index (χ4v) is 1.55. The van der Waals surface area contributed by atoms with E-state index in [-0.39, 0.29) is 0 Å². The molecule has 0 unspecified atom stereocenters. The van der Waals surface area contributed by atoms with E-state index in [4.69, 9.17) is 0 Å². The zero-order chi connectivity index (χ0) is 9.26. The van der Waals surface area contributed by atoms with Crippen molar-refractivity contribution in [2.45, 2.75) is 26.8 Å². The molecule has 2 aromatic heterocycles. The molecular formula is C10H13N3. The quantitative estimate of drug-likeness (QED) is 0.700. The second-order valence-corrected chi connectivity index (χ2v) is 3.20. The van der Waals surface area contributed by atoms with Gasteiger partial charge in [0.05, 0.1) is 17.5 Å². The van der Waals surface area contributed by atoms with Crippen molar-refractivity contribution in [1.82, 2.24) is 14.5 Å². The van der Waals surface area contributed by atoms with Crippen LogP contribution in [-0.2, 0) is 6.54 Å². The van der Waals surface area contributed by atoms with Crippen LogP contribution < -0.4 is 0 Å². The zero-order valence-corrected chi connectivity index (χ0v) is 7.99. The van der Waals surface area contributed by atoms with E-state index in [1.807, 2.05) is 25.5 Å². The fourth-order valence-electron chi connectivity index (χ4n) is 1.55. The average Bonchev–Trinajstić information content (AvgIpc) is 2.51. The lowest BCUT2D eigenvalue weighted by atomic mass is 10.3. The van der Waals surface area contributed by atoms with Gasteiger partial charge in [-0.1, -0.05) is 6.92 Å². The van der Waals surface area contributed by atoms with Crippen molar-refractivity contribution in [2.75, 3.05) is 0 Å². The Morgan fingerprint density at radius 2 is 2.23 bits per heavy atom. The van der Waals surface area contributed by atoms with E-state index >= 15 is 0 Å². The molecular weight excluding hydrogens is 162 g/mol. The van der Waals surface area contributed by atoms with Crippen LogP contribution in [0.25, 0.3) is 11.0 Å². The first-order valence-electron chi connectivity index (χ1n) is 4.59. The maximum absolute atomic E-state index is 4.34. The van der Waals surface area contributed by atoms with Crippen molar-refractivity contribution < 1.29 is 0 Å². The van der Waals surface area contributed by atoms with Crippen LogP contribution in [0.2, 0.25) is 0 Å². The van der Waals surface area contributed by atoms with Crippen molar-refractivity contribution in [1.29, 1.82) is 0 Å². The molecule has 3 nitrogen and oxygen atoms in total. The van der Waals surface area contributed by atoms with Crippen LogP contribution in [0.5, 0.6) is 0 Å². The second-order valence-electron chi connectivity index (χ2n) is 3.20. The Labute approximate surface area is 77.4 Å². The van der Waals surface area contributed by atoms with E-state index in [0.717, 1.165) is 24.2 Å². The van der Waals surface area contributed by atoms with E-state index in [1.54, 1.807) is 0 Å². The number of imidazole rings is 1. The van der Waals surface area contributed by atoms with Crippen molar-refractivity contribution in [2.24, 2.45) is 0 Å². The van der Waals surface area contributed by atoms with Crippen LogP contribution in [0.15, 0.2) is 18.6 Å². The summed E-state index contributed by atoms with van der Waals surface area (Å²) in [5.41, 5.74) is 3.22. The van der Waals surface area contributed by atoms with Gasteiger partial charge in [0, 0.05) is 12.7 Å². The molecule has 0 fully saturated rings. The number of aromatic nitrogens is 3. The number of fused-ring (bicyclic) bond motifs is 1. The predicted molar refractivity (Wildman–Crippen MR) is 52.6 cm³/mol. The molecule has 0 radical (unpaired) electrons. The number of nitrogens with zero attached hydrogens (tertiary/aromatic N) is 3. The summed E-state index contributed by atoms with van der Waals surface area (Å²) < 4.78 is 2.17. The first kappa shape index (κ1) is 8.23. The fraction of sp³-hybridized carbons (Fsp3) is 0.400. The summed E-state index contributed by atoms with van der Waals surface area (Å²) in [5, 5.41) is 0. The Morgan fingerprint density at radius 1 is 1.38 bits per heavy atom. The summed E-state index contributed by atoms with van der Waals surface area (Å²) in [5.74, 6) is 0. The summed E-state index contributed by atoms with van der Waals surface area (Å²) in [4.78, 5) is 8.54. The molecule has 0 saturated carbocycles. The highest BCUT2D eigenvalue weighted by molar-refractivity contribution is 5.76. The SMILES string of the molecule is CCCn1cnc2c(C)nccc21. The highest BCUT2D eigenvalue weighted by atomic mass is 15.0. The van der Waals surface area contributed by atoms with Gasteiger partial charge < -0.3 is 4.57 Å². The number of hydrogen-bond acceptors (Lipinski definition) is 2. The molecule has 13 heavy (non-hydrogen) atoms. The molecule has 0 aliphatic carbocycles. The molecule has 0 saturated heterocycles. The first-order valence-corrected chi connectivity index (χ1v) is 4.59. The van der Waals surface area contributed by atoms with Crippen molar-refractivity contribution >= 4 is 11.0 Å². The van der Waals surface area contributed by atoms with Gasteiger partial charge in [-0.05, 0) is 19.4 Å². The molecule has 3 heteroatoms.